The molecule has 2 aromatic carbocycles. The van der Waals surface area contributed by atoms with Crippen LogP contribution < -0.4 is 5.32 Å². The van der Waals surface area contributed by atoms with Gasteiger partial charge < -0.3 is 15.2 Å². The molecule has 0 aromatic heterocycles. The molecule has 5 heteroatoms. The van der Waals surface area contributed by atoms with Gasteiger partial charge >= 0.3 is 12.1 Å². The predicted octanol–water partition coefficient (Wildman–Crippen LogP) is 4.95. The quantitative estimate of drug-likeness (QED) is 0.755. The number of rotatable bonds is 4. The molecule has 0 aliphatic heterocycles. The Morgan fingerprint density at radius 2 is 1.53 bits per heavy atom. The van der Waals surface area contributed by atoms with Crippen molar-refractivity contribution < 1.29 is 19.4 Å². The fourth-order valence-electron chi connectivity index (χ4n) is 5.75. The Hall–Kier alpha value is -2.82. The van der Waals surface area contributed by atoms with E-state index in [-0.39, 0.29) is 29.4 Å². The summed E-state index contributed by atoms with van der Waals surface area (Å²) in [6.45, 7) is 0.330. The molecule has 3 aliphatic rings. The minimum Gasteiger partial charge on any atom is -0.481 e. The topological polar surface area (TPSA) is 75.6 Å². The number of amides is 1. The standard InChI is InChI=1S/C25H27NO4/c27-23(28)16-13-25(14-16)11-9-17(10-12-25)26-24(29)30-15-22-20-7-3-1-5-18(20)19-6-2-4-8-21(19)22/h1-8,16-17,22H,9-15H2,(H,26,29)(H,27,28). The van der Waals surface area contributed by atoms with Crippen LogP contribution >= 0.6 is 0 Å². The van der Waals surface area contributed by atoms with Crippen LogP contribution in [0.1, 0.15) is 55.6 Å². The van der Waals surface area contributed by atoms with Gasteiger partial charge in [0.05, 0.1) is 5.92 Å². The monoisotopic (exact) mass is 405 g/mol. The summed E-state index contributed by atoms with van der Waals surface area (Å²) < 4.78 is 5.66. The van der Waals surface area contributed by atoms with E-state index in [9.17, 15) is 9.59 Å². The highest BCUT2D eigenvalue weighted by atomic mass is 16.5. The third-order valence-electron chi connectivity index (χ3n) is 7.42. The first-order valence-electron chi connectivity index (χ1n) is 10.9. The van der Waals surface area contributed by atoms with Crippen molar-refractivity contribution in [1.29, 1.82) is 0 Å². The SMILES string of the molecule is O=C(NC1CCC2(CC1)CC(C(=O)O)C2)OCC1c2ccccc2-c2ccccc21. The summed E-state index contributed by atoms with van der Waals surface area (Å²) in [6.07, 6.45) is 5.01. The van der Waals surface area contributed by atoms with Crippen LogP contribution in [0.3, 0.4) is 0 Å². The number of nitrogens with one attached hydrogen (secondary N) is 1. The van der Waals surface area contributed by atoms with Crippen LogP contribution in [-0.4, -0.2) is 29.8 Å². The van der Waals surface area contributed by atoms with Crippen molar-refractivity contribution in [2.45, 2.75) is 50.5 Å². The van der Waals surface area contributed by atoms with E-state index in [1.165, 1.54) is 22.3 Å². The zero-order valence-corrected chi connectivity index (χ0v) is 17.0. The highest BCUT2D eigenvalue weighted by molar-refractivity contribution is 5.79. The second-order valence-electron chi connectivity index (χ2n) is 9.19. The van der Waals surface area contributed by atoms with Crippen LogP contribution in [0.5, 0.6) is 0 Å². The number of ether oxygens (including phenoxy) is 1. The molecule has 0 heterocycles. The second kappa shape index (κ2) is 7.46. The number of carbonyl (C=O) groups is 2. The summed E-state index contributed by atoms with van der Waals surface area (Å²) in [7, 11) is 0. The van der Waals surface area contributed by atoms with E-state index in [0.29, 0.717) is 6.61 Å². The van der Waals surface area contributed by atoms with Crippen molar-refractivity contribution in [3.63, 3.8) is 0 Å². The van der Waals surface area contributed by atoms with Gasteiger partial charge in [-0.05, 0) is 66.2 Å². The van der Waals surface area contributed by atoms with Gasteiger partial charge in [0.1, 0.15) is 6.61 Å². The molecular weight excluding hydrogens is 378 g/mol. The molecule has 1 spiro atoms. The first kappa shape index (κ1) is 19.2. The molecule has 0 bridgehead atoms. The van der Waals surface area contributed by atoms with E-state index >= 15 is 0 Å². The van der Waals surface area contributed by atoms with Crippen molar-refractivity contribution in [2.24, 2.45) is 11.3 Å². The Morgan fingerprint density at radius 1 is 0.967 bits per heavy atom. The largest absolute Gasteiger partial charge is 0.481 e. The van der Waals surface area contributed by atoms with Crippen molar-refractivity contribution in [1.82, 2.24) is 5.32 Å². The van der Waals surface area contributed by atoms with Gasteiger partial charge in [-0.25, -0.2) is 4.79 Å². The van der Waals surface area contributed by atoms with Gasteiger partial charge in [0.2, 0.25) is 0 Å². The second-order valence-corrected chi connectivity index (χ2v) is 9.19. The van der Waals surface area contributed by atoms with E-state index in [1.54, 1.807) is 0 Å². The van der Waals surface area contributed by atoms with Gasteiger partial charge in [-0.2, -0.15) is 0 Å². The summed E-state index contributed by atoms with van der Waals surface area (Å²) in [4.78, 5) is 23.5. The van der Waals surface area contributed by atoms with Crippen LogP contribution in [0.15, 0.2) is 48.5 Å². The minimum absolute atomic E-state index is 0.0701. The summed E-state index contributed by atoms with van der Waals surface area (Å²) in [5.74, 6) is -0.767. The van der Waals surface area contributed by atoms with Gasteiger partial charge in [0.25, 0.3) is 0 Å². The summed E-state index contributed by atoms with van der Waals surface area (Å²) >= 11 is 0. The van der Waals surface area contributed by atoms with E-state index in [0.717, 1.165) is 38.5 Å². The van der Waals surface area contributed by atoms with Crippen LogP contribution in [0.4, 0.5) is 4.79 Å². The summed E-state index contributed by atoms with van der Waals surface area (Å²) in [5, 5.41) is 12.1. The Morgan fingerprint density at radius 3 is 2.10 bits per heavy atom. The lowest BCUT2D eigenvalue weighted by atomic mass is 9.55. The molecule has 2 saturated carbocycles. The molecule has 156 valence electrons. The molecule has 0 unspecified atom stereocenters. The average Bonchev–Trinajstić information content (AvgIpc) is 3.05. The number of carboxylic acid groups (broad SMARTS) is 1. The molecule has 2 N–H and O–H groups in total. The van der Waals surface area contributed by atoms with Gasteiger partial charge in [-0.1, -0.05) is 48.5 Å². The van der Waals surface area contributed by atoms with E-state index in [4.69, 9.17) is 9.84 Å². The number of fused-ring (bicyclic) bond motifs is 3. The highest BCUT2D eigenvalue weighted by Crippen LogP contribution is 2.54. The summed E-state index contributed by atoms with van der Waals surface area (Å²) in [5.41, 5.74) is 5.07. The Kier molecular flexibility index (Phi) is 4.76. The molecule has 0 radical (unpaired) electrons. The smallest absolute Gasteiger partial charge is 0.407 e. The number of benzene rings is 2. The van der Waals surface area contributed by atoms with E-state index in [1.807, 2.05) is 24.3 Å². The Labute approximate surface area is 176 Å². The number of alkyl carbamates (subject to hydrolysis) is 1. The van der Waals surface area contributed by atoms with Crippen molar-refractivity contribution in [3.8, 4) is 11.1 Å². The predicted molar refractivity (Wildman–Crippen MR) is 113 cm³/mol. The van der Waals surface area contributed by atoms with Gasteiger partial charge in [-0.3, -0.25) is 4.79 Å². The molecule has 1 amide bonds. The lowest BCUT2D eigenvalue weighted by Gasteiger charge is -2.50. The number of carbonyl (C=O) groups excluding carboxylic acids is 1. The fourth-order valence-corrected chi connectivity index (χ4v) is 5.75. The van der Waals surface area contributed by atoms with Crippen LogP contribution in [0.2, 0.25) is 0 Å². The van der Waals surface area contributed by atoms with E-state index < -0.39 is 5.97 Å². The van der Waals surface area contributed by atoms with Gasteiger partial charge in [0.15, 0.2) is 0 Å². The van der Waals surface area contributed by atoms with Crippen LogP contribution in [0, 0.1) is 11.3 Å². The first-order valence-corrected chi connectivity index (χ1v) is 10.9. The van der Waals surface area contributed by atoms with Crippen molar-refractivity contribution >= 4 is 12.1 Å². The molecule has 0 atom stereocenters. The number of carboxylic acids is 1. The maximum absolute atomic E-state index is 12.5. The fraction of sp³-hybridized carbons (Fsp3) is 0.440. The molecule has 3 aliphatic carbocycles. The van der Waals surface area contributed by atoms with Gasteiger partial charge in [-0.15, -0.1) is 0 Å². The molecule has 0 saturated heterocycles. The van der Waals surface area contributed by atoms with Crippen molar-refractivity contribution in [2.75, 3.05) is 6.61 Å². The number of hydrogen-bond donors (Lipinski definition) is 2. The zero-order chi connectivity index (χ0) is 20.7. The first-order chi connectivity index (χ1) is 14.5. The Balaban J connectivity index is 1.15. The molecule has 30 heavy (non-hydrogen) atoms. The van der Waals surface area contributed by atoms with Gasteiger partial charge in [0, 0.05) is 12.0 Å². The summed E-state index contributed by atoms with van der Waals surface area (Å²) in [6, 6.07) is 16.8. The molecule has 2 fully saturated rings. The molecule has 2 aromatic rings. The third-order valence-corrected chi connectivity index (χ3v) is 7.42. The average molecular weight is 405 g/mol. The molecular formula is C25H27NO4. The maximum Gasteiger partial charge on any atom is 0.407 e. The number of aliphatic carboxylic acids is 1. The maximum atomic E-state index is 12.5. The van der Waals surface area contributed by atoms with Crippen molar-refractivity contribution in [3.05, 3.63) is 59.7 Å². The Bertz CT molecular complexity index is 923. The highest BCUT2D eigenvalue weighted by Gasteiger charge is 2.48. The normalized spacial score (nSPS) is 27.1. The lowest BCUT2D eigenvalue weighted by molar-refractivity contribution is -0.151. The van der Waals surface area contributed by atoms with Crippen LogP contribution in [0.25, 0.3) is 11.1 Å². The lowest BCUT2D eigenvalue weighted by Crippen LogP contribution is -2.47. The van der Waals surface area contributed by atoms with E-state index in [2.05, 4.69) is 29.6 Å². The minimum atomic E-state index is -0.667. The third kappa shape index (κ3) is 3.36. The molecule has 5 rings (SSSR count). The molecule has 5 nitrogen and oxygen atoms in total. The number of hydrogen-bond acceptors (Lipinski definition) is 3. The van der Waals surface area contributed by atoms with Crippen LogP contribution in [-0.2, 0) is 9.53 Å². The zero-order valence-electron chi connectivity index (χ0n) is 17.0.